The van der Waals surface area contributed by atoms with Crippen LogP contribution >= 0.6 is 0 Å². The van der Waals surface area contributed by atoms with Crippen molar-refractivity contribution in [3.05, 3.63) is 29.8 Å². The number of methoxy groups -OCH3 is 1. The van der Waals surface area contributed by atoms with Gasteiger partial charge in [-0.1, -0.05) is 37.5 Å². The van der Waals surface area contributed by atoms with Gasteiger partial charge in [-0.15, -0.1) is 0 Å². The Labute approximate surface area is 126 Å². The van der Waals surface area contributed by atoms with Gasteiger partial charge in [0.05, 0.1) is 18.4 Å². The number of carbonyl (C=O) groups excluding carboxylic acids is 1. The zero-order valence-electron chi connectivity index (χ0n) is 12.8. The van der Waals surface area contributed by atoms with Crippen LogP contribution in [0.5, 0.6) is 0 Å². The lowest BCUT2D eigenvalue weighted by molar-refractivity contribution is -0.141. The molecule has 0 saturated heterocycles. The van der Waals surface area contributed by atoms with Crippen LogP contribution in [0.25, 0.3) is 0 Å². The molecule has 6 heteroatoms. The summed E-state index contributed by atoms with van der Waals surface area (Å²) in [7, 11) is -2.32. The molecule has 0 heterocycles. The lowest BCUT2D eigenvalue weighted by atomic mass is 10.1. The summed E-state index contributed by atoms with van der Waals surface area (Å²) in [6.45, 7) is 3.91. The molecule has 0 aliphatic carbocycles. The van der Waals surface area contributed by atoms with E-state index >= 15 is 0 Å². The van der Waals surface area contributed by atoms with Crippen LogP contribution in [0.2, 0.25) is 0 Å². The van der Waals surface area contributed by atoms with Gasteiger partial charge in [0.1, 0.15) is 0 Å². The van der Waals surface area contributed by atoms with Crippen molar-refractivity contribution < 1.29 is 17.9 Å². The van der Waals surface area contributed by atoms with Crippen molar-refractivity contribution >= 4 is 16.0 Å². The van der Waals surface area contributed by atoms with Gasteiger partial charge >= 0.3 is 5.97 Å². The molecule has 1 N–H and O–H groups in total. The summed E-state index contributed by atoms with van der Waals surface area (Å²) >= 11 is 0. The van der Waals surface area contributed by atoms with Gasteiger partial charge in [-0.05, 0) is 25.5 Å². The Morgan fingerprint density at radius 1 is 1.29 bits per heavy atom. The van der Waals surface area contributed by atoms with Crippen LogP contribution in [0.4, 0.5) is 0 Å². The molecule has 1 rings (SSSR count). The fourth-order valence-electron chi connectivity index (χ4n) is 1.94. The monoisotopic (exact) mass is 313 g/mol. The smallest absolute Gasteiger partial charge is 0.307 e. The Kier molecular flexibility index (Phi) is 6.84. The van der Waals surface area contributed by atoms with Gasteiger partial charge < -0.3 is 4.74 Å². The number of rotatable bonds is 8. The molecule has 1 aromatic carbocycles. The molecule has 1 unspecified atom stereocenters. The highest BCUT2D eigenvalue weighted by atomic mass is 32.2. The first-order chi connectivity index (χ1) is 9.89. The number of ether oxygens (including phenoxy) is 1. The standard InChI is InChI=1S/C15H23NO4S/c1-4-5-6-13(11-15(17)20-3)16-21(18,19)14-9-7-12(2)8-10-14/h7-10,13,16H,4-6,11H2,1-3H3. The lowest BCUT2D eigenvalue weighted by Crippen LogP contribution is -2.36. The summed E-state index contributed by atoms with van der Waals surface area (Å²) in [5, 5.41) is 0. The molecular formula is C15H23NO4S. The molecule has 0 amide bonds. The summed E-state index contributed by atoms with van der Waals surface area (Å²) in [6, 6.07) is 6.18. The van der Waals surface area contributed by atoms with Gasteiger partial charge in [-0.2, -0.15) is 0 Å². The van der Waals surface area contributed by atoms with Crippen molar-refractivity contribution in [1.82, 2.24) is 4.72 Å². The summed E-state index contributed by atoms with van der Waals surface area (Å²) in [6.07, 6.45) is 2.43. The summed E-state index contributed by atoms with van der Waals surface area (Å²) < 4.78 is 31.9. The Balaban J connectivity index is 2.84. The molecule has 0 aromatic heterocycles. The molecule has 5 nitrogen and oxygen atoms in total. The second-order valence-corrected chi connectivity index (χ2v) is 6.77. The lowest BCUT2D eigenvalue weighted by Gasteiger charge is -2.17. The third-order valence-electron chi connectivity index (χ3n) is 3.20. The molecule has 21 heavy (non-hydrogen) atoms. The third-order valence-corrected chi connectivity index (χ3v) is 4.74. The van der Waals surface area contributed by atoms with Gasteiger partial charge in [0.2, 0.25) is 10.0 Å². The minimum Gasteiger partial charge on any atom is -0.469 e. The summed E-state index contributed by atoms with van der Waals surface area (Å²) in [5.41, 5.74) is 0.992. The minimum atomic E-state index is -3.62. The highest BCUT2D eigenvalue weighted by molar-refractivity contribution is 7.89. The topological polar surface area (TPSA) is 72.5 Å². The maximum absolute atomic E-state index is 12.3. The molecule has 1 atom stereocenters. The molecule has 0 bridgehead atoms. The first-order valence-corrected chi connectivity index (χ1v) is 8.53. The summed E-state index contributed by atoms with van der Waals surface area (Å²) in [4.78, 5) is 11.6. The van der Waals surface area contributed by atoms with E-state index in [0.29, 0.717) is 6.42 Å². The first-order valence-electron chi connectivity index (χ1n) is 7.05. The fourth-order valence-corrected chi connectivity index (χ4v) is 3.21. The fraction of sp³-hybridized carbons (Fsp3) is 0.533. The Morgan fingerprint density at radius 3 is 2.43 bits per heavy atom. The van der Waals surface area contributed by atoms with E-state index in [0.717, 1.165) is 18.4 Å². The van der Waals surface area contributed by atoms with E-state index in [9.17, 15) is 13.2 Å². The van der Waals surface area contributed by atoms with Crippen LogP contribution in [0.15, 0.2) is 29.2 Å². The molecule has 1 aromatic rings. The van der Waals surface area contributed by atoms with Crippen molar-refractivity contribution in [2.45, 2.75) is 50.5 Å². The van der Waals surface area contributed by atoms with Crippen LogP contribution in [0, 0.1) is 6.92 Å². The van der Waals surface area contributed by atoms with E-state index in [-0.39, 0.29) is 11.3 Å². The molecule has 118 valence electrons. The van der Waals surface area contributed by atoms with Gasteiger partial charge in [-0.3, -0.25) is 4.79 Å². The van der Waals surface area contributed by atoms with Crippen LogP contribution < -0.4 is 4.72 Å². The van der Waals surface area contributed by atoms with Crippen molar-refractivity contribution in [3.8, 4) is 0 Å². The maximum atomic E-state index is 12.3. The van der Waals surface area contributed by atoms with E-state index in [1.54, 1.807) is 24.3 Å². The second kappa shape index (κ2) is 8.14. The Hall–Kier alpha value is -1.40. The van der Waals surface area contributed by atoms with Crippen molar-refractivity contribution in [1.29, 1.82) is 0 Å². The van der Waals surface area contributed by atoms with Gasteiger partial charge in [0, 0.05) is 6.04 Å². The van der Waals surface area contributed by atoms with E-state index in [1.807, 2.05) is 13.8 Å². The van der Waals surface area contributed by atoms with Crippen LogP contribution in [0.1, 0.15) is 38.2 Å². The zero-order chi connectivity index (χ0) is 15.9. The van der Waals surface area contributed by atoms with Crippen molar-refractivity contribution in [2.75, 3.05) is 7.11 Å². The molecule has 0 aliphatic rings. The summed E-state index contributed by atoms with van der Waals surface area (Å²) in [5.74, 6) is -0.414. The molecule has 0 spiro atoms. The number of esters is 1. The van der Waals surface area contributed by atoms with Crippen LogP contribution in [-0.4, -0.2) is 27.5 Å². The van der Waals surface area contributed by atoms with E-state index < -0.39 is 22.0 Å². The highest BCUT2D eigenvalue weighted by Crippen LogP contribution is 2.14. The van der Waals surface area contributed by atoms with E-state index in [1.165, 1.54) is 7.11 Å². The number of hydrogen-bond acceptors (Lipinski definition) is 4. The number of benzene rings is 1. The minimum absolute atomic E-state index is 0.0432. The number of hydrogen-bond donors (Lipinski definition) is 1. The predicted molar refractivity (Wildman–Crippen MR) is 81.4 cm³/mol. The Bertz CT molecular complexity index is 552. The number of nitrogens with one attached hydrogen (secondary N) is 1. The van der Waals surface area contributed by atoms with Gasteiger partial charge in [-0.25, -0.2) is 13.1 Å². The number of unbranched alkanes of at least 4 members (excludes halogenated alkanes) is 1. The van der Waals surface area contributed by atoms with Crippen LogP contribution in [0.3, 0.4) is 0 Å². The SMILES string of the molecule is CCCCC(CC(=O)OC)NS(=O)(=O)c1ccc(C)cc1. The van der Waals surface area contributed by atoms with E-state index in [4.69, 9.17) is 0 Å². The molecule has 0 saturated carbocycles. The molecule has 0 aliphatic heterocycles. The molecule has 0 radical (unpaired) electrons. The predicted octanol–water partition coefficient (Wildman–Crippen LogP) is 2.40. The van der Waals surface area contributed by atoms with Gasteiger partial charge in [0.25, 0.3) is 0 Å². The largest absolute Gasteiger partial charge is 0.469 e. The Morgan fingerprint density at radius 2 is 1.90 bits per heavy atom. The number of sulfonamides is 1. The first kappa shape index (κ1) is 17.7. The molecular weight excluding hydrogens is 290 g/mol. The van der Waals surface area contributed by atoms with Crippen molar-refractivity contribution in [3.63, 3.8) is 0 Å². The number of aryl methyl sites for hydroxylation is 1. The van der Waals surface area contributed by atoms with E-state index in [2.05, 4.69) is 9.46 Å². The van der Waals surface area contributed by atoms with Crippen LogP contribution in [-0.2, 0) is 19.6 Å². The number of carbonyl (C=O) groups is 1. The van der Waals surface area contributed by atoms with Crippen molar-refractivity contribution in [2.24, 2.45) is 0 Å². The normalized spacial score (nSPS) is 12.9. The zero-order valence-corrected chi connectivity index (χ0v) is 13.6. The maximum Gasteiger partial charge on any atom is 0.307 e. The average molecular weight is 313 g/mol. The average Bonchev–Trinajstić information content (AvgIpc) is 2.44. The highest BCUT2D eigenvalue weighted by Gasteiger charge is 2.22. The van der Waals surface area contributed by atoms with Gasteiger partial charge in [0.15, 0.2) is 0 Å². The molecule has 0 fully saturated rings. The second-order valence-electron chi connectivity index (χ2n) is 5.05. The quantitative estimate of drug-likeness (QED) is 0.748. The third kappa shape index (κ3) is 5.85.